The second-order valence-corrected chi connectivity index (χ2v) is 9.18. The van der Waals surface area contributed by atoms with Crippen LogP contribution >= 0.6 is 0 Å². The topological polar surface area (TPSA) is 55.8 Å². The van der Waals surface area contributed by atoms with Crippen molar-refractivity contribution in [2.75, 3.05) is 13.2 Å². The first-order chi connectivity index (χ1) is 13.8. The van der Waals surface area contributed by atoms with Crippen molar-refractivity contribution in [1.82, 2.24) is 4.90 Å². The lowest BCUT2D eigenvalue weighted by Crippen LogP contribution is -2.60. The summed E-state index contributed by atoms with van der Waals surface area (Å²) in [5, 5.41) is 2.29. The zero-order chi connectivity index (χ0) is 20.6. The second kappa shape index (κ2) is 7.79. The number of piperidine rings is 1. The molecule has 2 heterocycles. The van der Waals surface area contributed by atoms with Crippen molar-refractivity contribution >= 4 is 22.6 Å². The van der Waals surface area contributed by atoms with E-state index in [1.807, 2.05) is 49.9 Å². The highest BCUT2D eigenvalue weighted by Crippen LogP contribution is 2.34. The van der Waals surface area contributed by atoms with E-state index in [-0.39, 0.29) is 29.9 Å². The van der Waals surface area contributed by atoms with Crippen LogP contribution in [0.5, 0.6) is 0 Å². The van der Waals surface area contributed by atoms with Crippen molar-refractivity contribution in [3.63, 3.8) is 0 Å². The Balaban J connectivity index is 1.48. The Morgan fingerprint density at radius 1 is 1.03 bits per heavy atom. The van der Waals surface area contributed by atoms with E-state index in [0.29, 0.717) is 32.5 Å². The van der Waals surface area contributed by atoms with Gasteiger partial charge in [0.2, 0.25) is 0 Å². The Kier molecular flexibility index (Phi) is 5.34. The molecule has 2 aromatic rings. The maximum Gasteiger partial charge on any atom is 0.410 e. The number of ketones is 1. The maximum atomic E-state index is 13.2. The third kappa shape index (κ3) is 4.30. The molecule has 0 saturated carbocycles. The molecule has 2 atom stereocenters. The zero-order valence-corrected chi connectivity index (χ0v) is 17.4. The van der Waals surface area contributed by atoms with E-state index < -0.39 is 5.60 Å². The van der Waals surface area contributed by atoms with Crippen molar-refractivity contribution in [3.05, 3.63) is 48.0 Å². The normalized spacial score (nSPS) is 24.4. The number of hydrogen-bond donors (Lipinski definition) is 0. The molecule has 0 spiro atoms. The third-order valence-electron chi connectivity index (χ3n) is 5.82. The lowest BCUT2D eigenvalue weighted by molar-refractivity contribution is -0.131. The van der Waals surface area contributed by atoms with Gasteiger partial charge in [-0.2, -0.15) is 0 Å². The Labute approximate surface area is 172 Å². The molecule has 154 valence electrons. The van der Waals surface area contributed by atoms with Crippen LogP contribution in [0, 0.1) is 5.92 Å². The van der Waals surface area contributed by atoms with Crippen LogP contribution < -0.4 is 0 Å². The van der Waals surface area contributed by atoms with Crippen molar-refractivity contribution in [2.24, 2.45) is 5.92 Å². The van der Waals surface area contributed by atoms with Gasteiger partial charge < -0.3 is 9.47 Å². The summed E-state index contributed by atoms with van der Waals surface area (Å²) in [5.41, 5.74) is 0.539. The molecule has 2 aliphatic rings. The average molecular weight is 395 g/mol. The lowest BCUT2D eigenvalue weighted by atomic mass is 9.81. The number of ether oxygens (including phenoxy) is 2. The smallest absolute Gasteiger partial charge is 0.410 e. The van der Waals surface area contributed by atoms with Gasteiger partial charge in [-0.25, -0.2) is 4.79 Å². The van der Waals surface area contributed by atoms with Gasteiger partial charge in [0, 0.05) is 12.3 Å². The summed E-state index contributed by atoms with van der Waals surface area (Å²) in [6, 6.07) is 14.1. The molecule has 0 aliphatic carbocycles. The molecule has 2 bridgehead atoms. The highest BCUT2D eigenvalue weighted by atomic mass is 16.6. The van der Waals surface area contributed by atoms with E-state index in [1.165, 1.54) is 0 Å². The molecule has 29 heavy (non-hydrogen) atoms. The molecule has 2 aromatic carbocycles. The Morgan fingerprint density at radius 2 is 1.69 bits per heavy atom. The van der Waals surface area contributed by atoms with Crippen LogP contribution in [0.1, 0.15) is 39.2 Å². The van der Waals surface area contributed by atoms with E-state index in [9.17, 15) is 9.59 Å². The number of carbonyl (C=O) groups is 2. The Hall–Kier alpha value is -2.40. The standard InChI is InChI=1S/C24H29NO4/c1-24(2,3)29-23(27)25-19-11-18(12-20(25)15-28-14-19)22(26)13-17-9-6-8-16-7-4-5-10-21(16)17/h4-10,18-20H,11-15H2,1-3H3. The Bertz CT molecular complexity index is 897. The number of fused-ring (bicyclic) bond motifs is 3. The lowest BCUT2D eigenvalue weighted by Gasteiger charge is -2.47. The van der Waals surface area contributed by atoms with Gasteiger partial charge in [-0.05, 0) is 49.9 Å². The zero-order valence-electron chi connectivity index (χ0n) is 17.4. The summed E-state index contributed by atoms with van der Waals surface area (Å²) in [6.45, 7) is 6.55. The summed E-state index contributed by atoms with van der Waals surface area (Å²) in [7, 11) is 0. The minimum absolute atomic E-state index is 0.0495. The van der Waals surface area contributed by atoms with Gasteiger partial charge in [0.1, 0.15) is 11.4 Å². The minimum atomic E-state index is -0.534. The third-order valence-corrected chi connectivity index (χ3v) is 5.82. The molecule has 2 fully saturated rings. The number of hydrogen-bond acceptors (Lipinski definition) is 4. The summed E-state index contributed by atoms with van der Waals surface area (Å²) >= 11 is 0. The van der Waals surface area contributed by atoms with Gasteiger partial charge in [-0.15, -0.1) is 0 Å². The molecule has 5 heteroatoms. The highest BCUT2D eigenvalue weighted by Gasteiger charge is 2.44. The number of rotatable bonds is 3. The van der Waals surface area contributed by atoms with Crippen LogP contribution in [0.3, 0.4) is 0 Å². The van der Waals surface area contributed by atoms with Crippen molar-refractivity contribution < 1.29 is 19.1 Å². The molecule has 5 nitrogen and oxygen atoms in total. The summed E-state index contributed by atoms with van der Waals surface area (Å²) in [5.74, 6) is 0.202. The van der Waals surface area contributed by atoms with Crippen LogP contribution in [0.2, 0.25) is 0 Å². The van der Waals surface area contributed by atoms with Crippen LogP contribution in [0.15, 0.2) is 42.5 Å². The first kappa shape index (κ1) is 19.9. The van der Waals surface area contributed by atoms with Crippen molar-refractivity contribution in [3.8, 4) is 0 Å². The van der Waals surface area contributed by atoms with E-state index in [0.717, 1.165) is 16.3 Å². The molecule has 1 amide bonds. The number of morpholine rings is 1. The van der Waals surface area contributed by atoms with Crippen LogP contribution in [0.25, 0.3) is 10.8 Å². The molecule has 0 aromatic heterocycles. The number of benzene rings is 2. The number of amides is 1. The first-order valence-electron chi connectivity index (χ1n) is 10.4. The number of nitrogens with zero attached hydrogens (tertiary/aromatic N) is 1. The Morgan fingerprint density at radius 3 is 2.38 bits per heavy atom. The van der Waals surface area contributed by atoms with Gasteiger partial charge in [0.25, 0.3) is 0 Å². The number of carbonyl (C=O) groups excluding carboxylic acids is 2. The molecule has 2 saturated heterocycles. The molecule has 0 N–H and O–H groups in total. The molecular weight excluding hydrogens is 366 g/mol. The fraction of sp³-hybridized carbons (Fsp3) is 0.500. The van der Waals surface area contributed by atoms with Gasteiger partial charge in [0.05, 0.1) is 25.3 Å². The summed E-state index contributed by atoms with van der Waals surface area (Å²) < 4.78 is 11.3. The molecule has 4 rings (SSSR count). The first-order valence-corrected chi connectivity index (χ1v) is 10.4. The van der Waals surface area contributed by atoms with E-state index in [2.05, 4.69) is 18.2 Å². The van der Waals surface area contributed by atoms with Gasteiger partial charge >= 0.3 is 6.09 Å². The predicted octanol–water partition coefficient (Wildman–Crippen LogP) is 4.37. The fourth-order valence-corrected chi connectivity index (χ4v) is 4.57. The van der Waals surface area contributed by atoms with Crippen molar-refractivity contribution in [2.45, 2.75) is 57.7 Å². The minimum Gasteiger partial charge on any atom is -0.444 e. The predicted molar refractivity (Wildman–Crippen MR) is 112 cm³/mol. The van der Waals surface area contributed by atoms with Crippen LogP contribution in [-0.4, -0.2) is 47.7 Å². The molecular formula is C24H29NO4. The molecule has 0 radical (unpaired) electrons. The van der Waals surface area contributed by atoms with Crippen LogP contribution in [-0.2, 0) is 20.7 Å². The monoisotopic (exact) mass is 395 g/mol. The van der Waals surface area contributed by atoms with Crippen molar-refractivity contribution in [1.29, 1.82) is 0 Å². The van der Waals surface area contributed by atoms with Gasteiger partial charge in [0.15, 0.2) is 0 Å². The number of Topliss-reactive ketones (excluding diaryl/α,β-unsaturated/α-hetero) is 1. The average Bonchev–Trinajstić information content (AvgIpc) is 2.66. The maximum absolute atomic E-state index is 13.2. The second-order valence-electron chi connectivity index (χ2n) is 9.18. The quantitative estimate of drug-likeness (QED) is 0.775. The van der Waals surface area contributed by atoms with E-state index >= 15 is 0 Å². The van der Waals surface area contributed by atoms with Crippen LogP contribution in [0.4, 0.5) is 4.79 Å². The van der Waals surface area contributed by atoms with E-state index in [1.54, 1.807) is 0 Å². The summed E-state index contributed by atoms with van der Waals surface area (Å²) in [6.07, 6.45) is 1.41. The van der Waals surface area contributed by atoms with E-state index in [4.69, 9.17) is 9.47 Å². The SMILES string of the molecule is CC(C)(C)OC(=O)N1C2COCC1CC(C(=O)Cc1cccc3ccccc13)C2. The summed E-state index contributed by atoms with van der Waals surface area (Å²) in [4.78, 5) is 27.7. The molecule has 2 unspecified atom stereocenters. The highest BCUT2D eigenvalue weighted by molar-refractivity contribution is 5.91. The molecule has 2 aliphatic heterocycles. The van der Waals surface area contributed by atoms with Gasteiger partial charge in [-0.1, -0.05) is 42.5 Å². The largest absolute Gasteiger partial charge is 0.444 e. The fourth-order valence-electron chi connectivity index (χ4n) is 4.57. The van der Waals surface area contributed by atoms with Gasteiger partial charge in [-0.3, -0.25) is 9.69 Å².